The molecule has 1 aromatic rings. The zero-order chi connectivity index (χ0) is 16.1. The third-order valence-corrected chi connectivity index (χ3v) is 5.27. The molecule has 8 heteroatoms. The molecule has 7 nitrogen and oxygen atoms in total. The molecule has 118 valence electrons. The Morgan fingerprint density at radius 3 is 2.64 bits per heavy atom. The first kappa shape index (κ1) is 14.8. The van der Waals surface area contributed by atoms with Gasteiger partial charge in [0, 0.05) is 17.8 Å². The van der Waals surface area contributed by atoms with E-state index in [9.17, 15) is 18.0 Å². The summed E-state index contributed by atoms with van der Waals surface area (Å²) in [5.41, 5.74) is 1.91. The van der Waals surface area contributed by atoms with Crippen LogP contribution in [0.2, 0.25) is 0 Å². The van der Waals surface area contributed by atoms with Crippen LogP contribution in [0.25, 0.3) is 0 Å². The van der Waals surface area contributed by atoms with Crippen LogP contribution < -0.4 is 9.62 Å². The standard InChI is InChI=1S/C14H16N2O5S/c1-22(20,21)16-6-5-8-11(3-2-4-12(8)16)15-13(17)9-7-10(9)14(18)19/h2-4,9-10H,5-7H2,1H3,(H,15,17)(H,18,19)/t9-,10-/m0/s1. The predicted molar refractivity (Wildman–Crippen MR) is 80.2 cm³/mol. The van der Waals surface area contributed by atoms with Crippen molar-refractivity contribution in [2.75, 3.05) is 22.4 Å². The van der Waals surface area contributed by atoms with Gasteiger partial charge in [-0.05, 0) is 25.0 Å². The molecule has 3 rings (SSSR count). The first-order valence-electron chi connectivity index (χ1n) is 6.92. The smallest absolute Gasteiger partial charge is 0.307 e. The minimum atomic E-state index is -3.34. The van der Waals surface area contributed by atoms with Gasteiger partial charge in [0.25, 0.3) is 0 Å². The number of aliphatic carboxylic acids is 1. The molecular formula is C14H16N2O5S. The van der Waals surface area contributed by atoms with E-state index in [-0.39, 0.29) is 5.91 Å². The molecule has 0 unspecified atom stereocenters. The second kappa shape index (κ2) is 4.98. The van der Waals surface area contributed by atoms with Crippen LogP contribution in [0.3, 0.4) is 0 Å². The minimum Gasteiger partial charge on any atom is -0.481 e. The quantitative estimate of drug-likeness (QED) is 0.847. The molecule has 1 aliphatic carbocycles. The zero-order valence-corrected chi connectivity index (χ0v) is 12.8. The van der Waals surface area contributed by atoms with Crippen molar-refractivity contribution in [3.63, 3.8) is 0 Å². The van der Waals surface area contributed by atoms with Gasteiger partial charge in [-0.3, -0.25) is 13.9 Å². The maximum absolute atomic E-state index is 12.1. The second-order valence-electron chi connectivity index (χ2n) is 5.66. The van der Waals surface area contributed by atoms with Gasteiger partial charge in [0.1, 0.15) is 0 Å². The molecule has 0 bridgehead atoms. The van der Waals surface area contributed by atoms with Crippen LogP contribution in [0.5, 0.6) is 0 Å². The number of carbonyl (C=O) groups is 2. The zero-order valence-electron chi connectivity index (χ0n) is 11.9. The van der Waals surface area contributed by atoms with Crippen molar-refractivity contribution in [1.82, 2.24) is 0 Å². The number of benzene rings is 1. The van der Waals surface area contributed by atoms with Crippen LogP contribution in [0, 0.1) is 11.8 Å². The molecule has 1 fully saturated rings. The molecule has 0 radical (unpaired) electrons. The first-order chi connectivity index (χ1) is 10.3. The van der Waals surface area contributed by atoms with Crippen LogP contribution in [-0.4, -0.2) is 38.2 Å². The monoisotopic (exact) mass is 324 g/mol. The highest BCUT2D eigenvalue weighted by Crippen LogP contribution is 2.41. The number of anilines is 2. The second-order valence-corrected chi connectivity index (χ2v) is 7.57. The summed E-state index contributed by atoms with van der Waals surface area (Å²) in [7, 11) is -3.34. The van der Waals surface area contributed by atoms with Gasteiger partial charge in [0.2, 0.25) is 15.9 Å². The predicted octanol–water partition coefficient (Wildman–Crippen LogP) is 0.668. The minimum absolute atomic E-state index is 0.321. The van der Waals surface area contributed by atoms with Crippen molar-refractivity contribution in [2.24, 2.45) is 11.8 Å². The van der Waals surface area contributed by atoms with E-state index in [1.807, 2.05) is 0 Å². The fourth-order valence-corrected chi connectivity index (χ4v) is 3.80. The van der Waals surface area contributed by atoms with Crippen LogP contribution in [0.15, 0.2) is 18.2 Å². The lowest BCUT2D eigenvalue weighted by atomic mass is 10.1. The highest BCUT2D eigenvalue weighted by Gasteiger charge is 2.48. The van der Waals surface area contributed by atoms with Crippen molar-refractivity contribution in [3.8, 4) is 0 Å². The fraction of sp³-hybridized carbons (Fsp3) is 0.429. The largest absolute Gasteiger partial charge is 0.481 e. The summed E-state index contributed by atoms with van der Waals surface area (Å²) in [5, 5.41) is 11.6. The summed E-state index contributed by atoms with van der Waals surface area (Å²) < 4.78 is 24.8. The number of rotatable bonds is 4. The summed E-state index contributed by atoms with van der Waals surface area (Å²) in [5.74, 6) is -2.38. The molecule has 1 aliphatic heterocycles. The highest BCUT2D eigenvalue weighted by molar-refractivity contribution is 7.92. The summed E-state index contributed by atoms with van der Waals surface area (Å²) in [6, 6.07) is 5.09. The van der Waals surface area contributed by atoms with E-state index in [1.54, 1.807) is 18.2 Å². The number of nitrogens with zero attached hydrogens (tertiary/aromatic N) is 1. The van der Waals surface area contributed by atoms with Crippen LogP contribution in [-0.2, 0) is 26.0 Å². The van der Waals surface area contributed by atoms with E-state index in [0.29, 0.717) is 30.8 Å². The molecule has 22 heavy (non-hydrogen) atoms. The van der Waals surface area contributed by atoms with E-state index in [0.717, 1.165) is 11.8 Å². The van der Waals surface area contributed by atoms with Crippen LogP contribution in [0.4, 0.5) is 11.4 Å². The molecule has 1 amide bonds. The Bertz CT molecular complexity index is 758. The molecule has 2 atom stereocenters. The van der Waals surface area contributed by atoms with E-state index in [2.05, 4.69) is 5.32 Å². The Labute approximate surface area is 128 Å². The summed E-state index contributed by atoms with van der Waals surface area (Å²) in [4.78, 5) is 22.9. The lowest BCUT2D eigenvalue weighted by molar-refractivity contribution is -0.139. The first-order valence-corrected chi connectivity index (χ1v) is 8.77. The van der Waals surface area contributed by atoms with Gasteiger partial charge >= 0.3 is 5.97 Å². The number of sulfonamides is 1. The summed E-state index contributed by atoms with van der Waals surface area (Å²) >= 11 is 0. The van der Waals surface area contributed by atoms with E-state index in [1.165, 1.54) is 4.31 Å². The van der Waals surface area contributed by atoms with Crippen molar-refractivity contribution in [2.45, 2.75) is 12.8 Å². The van der Waals surface area contributed by atoms with Crippen molar-refractivity contribution in [1.29, 1.82) is 0 Å². The molecule has 2 aliphatic rings. The topological polar surface area (TPSA) is 104 Å². The van der Waals surface area contributed by atoms with E-state index >= 15 is 0 Å². The SMILES string of the molecule is CS(=O)(=O)N1CCc2c(NC(=O)[C@H]3C[C@@H]3C(=O)O)cccc21. The van der Waals surface area contributed by atoms with Gasteiger partial charge in [0.05, 0.1) is 23.8 Å². The Morgan fingerprint density at radius 2 is 2.05 bits per heavy atom. The lowest BCUT2D eigenvalue weighted by Crippen LogP contribution is -2.27. The Morgan fingerprint density at radius 1 is 1.32 bits per heavy atom. The molecule has 0 aromatic heterocycles. The number of hydrogen-bond acceptors (Lipinski definition) is 4. The molecule has 0 spiro atoms. The molecule has 1 aromatic carbocycles. The Hall–Kier alpha value is -2.09. The van der Waals surface area contributed by atoms with Crippen molar-refractivity contribution in [3.05, 3.63) is 23.8 Å². The van der Waals surface area contributed by atoms with Gasteiger partial charge in [-0.1, -0.05) is 6.07 Å². The Kier molecular flexibility index (Phi) is 3.36. The molecule has 1 heterocycles. The average molecular weight is 324 g/mol. The van der Waals surface area contributed by atoms with Gasteiger partial charge in [0.15, 0.2) is 0 Å². The third kappa shape index (κ3) is 2.54. The van der Waals surface area contributed by atoms with Gasteiger partial charge in [-0.25, -0.2) is 8.42 Å². The maximum Gasteiger partial charge on any atom is 0.307 e. The number of carbonyl (C=O) groups excluding carboxylic acids is 1. The van der Waals surface area contributed by atoms with Gasteiger partial charge in [-0.15, -0.1) is 0 Å². The number of carboxylic acid groups (broad SMARTS) is 1. The van der Waals surface area contributed by atoms with E-state index in [4.69, 9.17) is 5.11 Å². The fourth-order valence-electron chi connectivity index (χ4n) is 2.85. The van der Waals surface area contributed by atoms with Crippen molar-refractivity contribution < 1.29 is 23.1 Å². The van der Waals surface area contributed by atoms with Crippen molar-refractivity contribution >= 4 is 33.3 Å². The highest BCUT2D eigenvalue weighted by atomic mass is 32.2. The number of nitrogens with one attached hydrogen (secondary N) is 1. The molecule has 0 saturated heterocycles. The van der Waals surface area contributed by atoms with E-state index < -0.39 is 27.8 Å². The average Bonchev–Trinajstić information content (AvgIpc) is 3.10. The lowest BCUT2D eigenvalue weighted by Gasteiger charge is -2.17. The summed E-state index contributed by atoms with van der Waals surface area (Å²) in [6.45, 7) is 0.349. The maximum atomic E-state index is 12.1. The molecular weight excluding hydrogens is 308 g/mol. The number of hydrogen-bond donors (Lipinski definition) is 2. The normalized spacial score (nSPS) is 23.0. The summed E-state index contributed by atoms with van der Waals surface area (Å²) in [6.07, 6.45) is 2.02. The van der Waals surface area contributed by atoms with Gasteiger partial charge in [-0.2, -0.15) is 0 Å². The number of fused-ring (bicyclic) bond motifs is 1. The number of carboxylic acids is 1. The third-order valence-electron chi connectivity index (χ3n) is 4.09. The van der Waals surface area contributed by atoms with Crippen LogP contribution >= 0.6 is 0 Å². The van der Waals surface area contributed by atoms with Gasteiger partial charge < -0.3 is 10.4 Å². The molecule has 2 N–H and O–H groups in total. The van der Waals surface area contributed by atoms with Crippen LogP contribution in [0.1, 0.15) is 12.0 Å². The Balaban J connectivity index is 1.81. The molecule has 1 saturated carbocycles. The number of amides is 1.